The maximum atomic E-state index is 13.8. The fraction of sp³-hybridized carbons (Fsp3) is 0.278. The zero-order chi connectivity index (χ0) is 16.4. The molecule has 1 saturated carbocycles. The third-order valence-electron chi connectivity index (χ3n) is 4.10. The van der Waals surface area contributed by atoms with Crippen LogP contribution in [0.15, 0.2) is 42.5 Å². The summed E-state index contributed by atoms with van der Waals surface area (Å²) in [6.07, 6.45) is 0.652. The third kappa shape index (κ3) is 3.13. The van der Waals surface area contributed by atoms with Gasteiger partial charge in [-0.25, -0.2) is 4.39 Å². The van der Waals surface area contributed by atoms with Crippen molar-refractivity contribution >= 4 is 11.6 Å². The number of carbonyl (C=O) groups is 1. The molecule has 2 atom stereocenters. The van der Waals surface area contributed by atoms with Crippen LogP contribution in [0.2, 0.25) is 0 Å². The van der Waals surface area contributed by atoms with Crippen LogP contribution in [0.4, 0.5) is 10.1 Å². The smallest absolute Gasteiger partial charge is 0.228 e. The molecule has 1 N–H and O–H groups in total. The first-order valence-electron chi connectivity index (χ1n) is 7.41. The molecule has 2 aromatic rings. The van der Waals surface area contributed by atoms with E-state index in [1.165, 1.54) is 13.2 Å². The van der Waals surface area contributed by atoms with E-state index in [0.29, 0.717) is 29.2 Å². The van der Waals surface area contributed by atoms with Crippen LogP contribution in [0.25, 0.3) is 0 Å². The molecular formula is C18H18FNO3. The minimum Gasteiger partial charge on any atom is -0.497 e. The van der Waals surface area contributed by atoms with Crippen molar-refractivity contribution in [1.29, 1.82) is 0 Å². The maximum Gasteiger partial charge on any atom is 0.228 e. The topological polar surface area (TPSA) is 47.6 Å². The Bertz CT molecular complexity index is 732. The summed E-state index contributed by atoms with van der Waals surface area (Å²) in [6.45, 7) is 0. The molecule has 0 bridgehead atoms. The van der Waals surface area contributed by atoms with Crippen molar-refractivity contribution in [3.8, 4) is 11.5 Å². The van der Waals surface area contributed by atoms with Gasteiger partial charge in [0.25, 0.3) is 0 Å². The summed E-state index contributed by atoms with van der Waals surface area (Å²) < 4.78 is 24.2. The van der Waals surface area contributed by atoms with Crippen molar-refractivity contribution in [2.45, 2.75) is 12.3 Å². The van der Waals surface area contributed by atoms with Gasteiger partial charge in [-0.15, -0.1) is 0 Å². The SMILES string of the molecule is COc1ccc(OC)c(NC(=O)C2CC2c2ccccc2F)c1. The largest absolute Gasteiger partial charge is 0.497 e. The zero-order valence-electron chi connectivity index (χ0n) is 13.0. The molecule has 1 amide bonds. The van der Waals surface area contributed by atoms with Gasteiger partial charge in [-0.3, -0.25) is 4.79 Å². The predicted octanol–water partition coefficient (Wildman–Crippen LogP) is 3.59. The Hall–Kier alpha value is -2.56. The van der Waals surface area contributed by atoms with E-state index in [1.54, 1.807) is 43.5 Å². The van der Waals surface area contributed by atoms with Crippen LogP contribution in [-0.4, -0.2) is 20.1 Å². The first-order valence-corrected chi connectivity index (χ1v) is 7.41. The average Bonchev–Trinajstić information content (AvgIpc) is 3.35. The van der Waals surface area contributed by atoms with Gasteiger partial charge in [0.15, 0.2) is 0 Å². The summed E-state index contributed by atoms with van der Waals surface area (Å²) >= 11 is 0. The van der Waals surface area contributed by atoms with Crippen LogP contribution in [0.3, 0.4) is 0 Å². The van der Waals surface area contributed by atoms with Crippen LogP contribution < -0.4 is 14.8 Å². The fourth-order valence-electron chi connectivity index (χ4n) is 2.74. The second kappa shape index (κ2) is 6.28. The van der Waals surface area contributed by atoms with Crippen molar-refractivity contribution in [2.75, 3.05) is 19.5 Å². The molecule has 2 aromatic carbocycles. The van der Waals surface area contributed by atoms with Gasteiger partial charge < -0.3 is 14.8 Å². The molecule has 1 aliphatic rings. The quantitative estimate of drug-likeness (QED) is 0.917. The summed E-state index contributed by atoms with van der Waals surface area (Å²) in [7, 11) is 3.10. The van der Waals surface area contributed by atoms with Crippen molar-refractivity contribution in [3.63, 3.8) is 0 Å². The van der Waals surface area contributed by atoms with Gasteiger partial charge in [0.1, 0.15) is 17.3 Å². The highest BCUT2D eigenvalue weighted by molar-refractivity contribution is 5.96. The molecule has 5 heteroatoms. The number of benzene rings is 2. The third-order valence-corrected chi connectivity index (χ3v) is 4.10. The summed E-state index contributed by atoms with van der Waals surface area (Å²) in [6, 6.07) is 11.8. The number of amides is 1. The van der Waals surface area contributed by atoms with Crippen LogP contribution in [0, 0.1) is 11.7 Å². The Balaban J connectivity index is 1.73. The molecule has 4 nitrogen and oxygen atoms in total. The van der Waals surface area contributed by atoms with E-state index in [0.717, 1.165) is 0 Å². The highest BCUT2D eigenvalue weighted by atomic mass is 19.1. The lowest BCUT2D eigenvalue weighted by atomic mass is 10.1. The number of nitrogens with one attached hydrogen (secondary N) is 1. The standard InChI is InChI=1S/C18H18FNO3/c1-22-11-7-8-17(23-2)16(9-11)20-18(21)14-10-13(14)12-5-3-4-6-15(12)19/h3-9,13-14H,10H2,1-2H3,(H,20,21). The molecule has 0 aliphatic heterocycles. The van der Waals surface area contributed by atoms with E-state index in [4.69, 9.17) is 9.47 Å². The lowest BCUT2D eigenvalue weighted by Gasteiger charge is -2.11. The van der Waals surface area contributed by atoms with Crippen molar-refractivity contribution in [1.82, 2.24) is 0 Å². The highest BCUT2D eigenvalue weighted by Crippen LogP contribution is 2.49. The number of methoxy groups -OCH3 is 2. The molecule has 2 unspecified atom stereocenters. The number of rotatable bonds is 5. The number of hydrogen-bond acceptors (Lipinski definition) is 3. The Kier molecular flexibility index (Phi) is 4.19. The molecule has 3 rings (SSSR count). The highest BCUT2D eigenvalue weighted by Gasteiger charge is 2.45. The van der Waals surface area contributed by atoms with Gasteiger partial charge in [0.05, 0.1) is 19.9 Å². The number of hydrogen-bond donors (Lipinski definition) is 1. The molecule has 0 spiro atoms. The lowest BCUT2D eigenvalue weighted by molar-refractivity contribution is -0.117. The molecule has 0 heterocycles. The maximum absolute atomic E-state index is 13.8. The van der Waals surface area contributed by atoms with E-state index >= 15 is 0 Å². The normalized spacial score (nSPS) is 19.1. The van der Waals surface area contributed by atoms with Gasteiger partial charge >= 0.3 is 0 Å². The van der Waals surface area contributed by atoms with E-state index in [2.05, 4.69) is 5.32 Å². The Morgan fingerprint density at radius 1 is 1.17 bits per heavy atom. The summed E-state index contributed by atoms with van der Waals surface area (Å²) in [5, 5.41) is 2.85. The Morgan fingerprint density at radius 2 is 1.96 bits per heavy atom. The van der Waals surface area contributed by atoms with Gasteiger partial charge in [-0.1, -0.05) is 18.2 Å². The number of halogens is 1. The van der Waals surface area contributed by atoms with Crippen molar-refractivity contribution < 1.29 is 18.7 Å². The van der Waals surface area contributed by atoms with Gasteiger partial charge in [-0.2, -0.15) is 0 Å². The molecule has 23 heavy (non-hydrogen) atoms. The van der Waals surface area contributed by atoms with Gasteiger partial charge in [0.2, 0.25) is 5.91 Å². The Labute approximate surface area is 134 Å². The number of carbonyl (C=O) groups excluding carboxylic acids is 1. The molecule has 120 valence electrons. The summed E-state index contributed by atoms with van der Waals surface area (Å²) in [5.41, 5.74) is 1.15. The molecule has 0 aromatic heterocycles. The van der Waals surface area contributed by atoms with Crippen LogP contribution in [-0.2, 0) is 4.79 Å². The first-order chi connectivity index (χ1) is 11.1. The van der Waals surface area contributed by atoms with E-state index in [9.17, 15) is 9.18 Å². The molecular weight excluding hydrogens is 297 g/mol. The first kappa shape index (κ1) is 15.3. The molecule has 0 radical (unpaired) electrons. The molecule has 0 saturated heterocycles. The van der Waals surface area contributed by atoms with E-state index in [-0.39, 0.29) is 23.6 Å². The minimum absolute atomic E-state index is 0.0622. The molecule has 1 aliphatic carbocycles. The summed E-state index contributed by atoms with van der Waals surface area (Å²) in [5.74, 6) is 0.511. The lowest BCUT2D eigenvalue weighted by Crippen LogP contribution is -2.15. The van der Waals surface area contributed by atoms with Crippen molar-refractivity contribution in [2.24, 2.45) is 5.92 Å². The van der Waals surface area contributed by atoms with E-state index < -0.39 is 0 Å². The zero-order valence-corrected chi connectivity index (χ0v) is 13.0. The van der Waals surface area contributed by atoms with Crippen molar-refractivity contribution in [3.05, 3.63) is 53.8 Å². The fourth-order valence-corrected chi connectivity index (χ4v) is 2.74. The molecule has 1 fully saturated rings. The second-order valence-electron chi connectivity index (χ2n) is 5.53. The number of ether oxygens (including phenoxy) is 2. The number of anilines is 1. The minimum atomic E-state index is -0.258. The predicted molar refractivity (Wildman–Crippen MR) is 85.4 cm³/mol. The van der Waals surface area contributed by atoms with Gasteiger partial charge in [0, 0.05) is 12.0 Å². The average molecular weight is 315 g/mol. The summed E-state index contributed by atoms with van der Waals surface area (Å²) in [4.78, 5) is 12.4. The van der Waals surface area contributed by atoms with Crippen LogP contribution >= 0.6 is 0 Å². The van der Waals surface area contributed by atoms with Crippen LogP contribution in [0.1, 0.15) is 17.9 Å². The van der Waals surface area contributed by atoms with E-state index in [1.807, 2.05) is 0 Å². The second-order valence-corrected chi connectivity index (χ2v) is 5.53. The Morgan fingerprint density at radius 3 is 2.65 bits per heavy atom. The monoisotopic (exact) mass is 315 g/mol. The van der Waals surface area contributed by atoms with Crippen LogP contribution in [0.5, 0.6) is 11.5 Å². The van der Waals surface area contributed by atoms with Gasteiger partial charge in [-0.05, 0) is 36.1 Å².